The molecule has 2 rings (SSSR count). The zero-order valence-electron chi connectivity index (χ0n) is 11.5. The number of alkyl carbamates (subject to hydrolysis) is 1. The van der Waals surface area contributed by atoms with E-state index >= 15 is 0 Å². The number of rotatable bonds is 2. The van der Waals surface area contributed by atoms with Crippen molar-refractivity contribution in [3.05, 3.63) is 34.2 Å². The number of H-pyrrole nitrogens is 1. The molecule has 0 aliphatic heterocycles. The van der Waals surface area contributed by atoms with Crippen molar-refractivity contribution in [1.29, 1.82) is 0 Å². The standard InChI is InChI=1S/C14H16BrFN2O2/c1-14(2,3)20-13(19)18-7-8-6-17-12-5-10(15)11(16)4-9(8)12/h4-6,17H,7H2,1-3H3,(H,18,19). The molecule has 0 aliphatic carbocycles. The largest absolute Gasteiger partial charge is 0.444 e. The molecule has 2 aromatic rings. The van der Waals surface area contributed by atoms with Crippen LogP contribution in [0.2, 0.25) is 0 Å². The van der Waals surface area contributed by atoms with Crippen LogP contribution in [0.4, 0.5) is 9.18 Å². The normalized spacial score (nSPS) is 11.7. The molecule has 1 aromatic carbocycles. The van der Waals surface area contributed by atoms with Gasteiger partial charge in [-0.2, -0.15) is 0 Å². The molecular weight excluding hydrogens is 327 g/mol. The third-order valence-electron chi connectivity index (χ3n) is 2.63. The fourth-order valence-electron chi connectivity index (χ4n) is 1.80. The number of ether oxygens (including phenoxy) is 1. The molecule has 108 valence electrons. The van der Waals surface area contributed by atoms with Crippen molar-refractivity contribution in [3.8, 4) is 0 Å². The van der Waals surface area contributed by atoms with Crippen LogP contribution in [0.5, 0.6) is 0 Å². The number of carbonyl (C=O) groups is 1. The Kier molecular flexibility index (Phi) is 4.04. The molecule has 2 N–H and O–H groups in total. The lowest BCUT2D eigenvalue weighted by Crippen LogP contribution is -2.32. The van der Waals surface area contributed by atoms with Gasteiger partial charge in [-0.3, -0.25) is 0 Å². The lowest BCUT2D eigenvalue weighted by Gasteiger charge is -2.19. The molecule has 0 saturated carbocycles. The first kappa shape index (κ1) is 14.8. The second-order valence-electron chi connectivity index (χ2n) is 5.48. The van der Waals surface area contributed by atoms with Crippen LogP contribution in [0.25, 0.3) is 10.9 Å². The maximum absolute atomic E-state index is 13.6. The van der Waals surface area contributed by atoms with Crippen molar-refractivity contribution in [1.82, 2.24) is 10.3 Å². The topological polar surface area (TPSA) is 54.1 Å². The van der Waals surface area contributed by atoms with E-state index in [-0.39, 0.29) is 12.4 Å². The summed E-state index contributed by atoms with van der Waals surface area (Å²) in [6.45, 7) is 5.66. The molecule has 0 aliphatic rings. The second-order valence-corrected chi connectivity index (χ2v) is 6.34. The molecule has 1 heterocycles. The minimum atomic E-state index is -0.540. The van der Waals surface area contributed by atoms with Crippen LogP contribution in [0.3, 0.4) is 0 Å². The predicted octanol–water partition coefficient (Wildman–Crippen LogP) is 4.09. The van der Waals surface area contributed by atoms with Crippen molar-refractivity contribution in [2.45, 2.75) is 32.9 Å². The van der Waals surface area contributed by atoms with Gasteiger partial charge in [-0.1, -0.05) is 0 Å². The van der Waals surface area contributed by atoms with Gasteiger partial charge in [0.1, 0.15) is 11.4 Å². The Morgan fingerprint density at radius 2 is 2.15 bits per heavy atom. The van der Waals surface area contributed by atoms with Gasteiger partial charge in [-0.25, -0.2) is 9.18 Å². The van der Waals surface area contributed by atoms with Crippen LogP contribution in [0, 0.1) is 5.82 Å². The van der Waals surface area contributed by atoms with Gasteiger partial charge < -0.3 is 15.0 Å². The zero-order valence-corrected chi connectivity index (χ0v) is 13.1. The monoisotopic (exact) mass is 342 g/mol. The van der Waals surface area contributed by atoms with E-state index in [4.69, 9.17) is 4.74 Å². The summed E-state index contributed by atoms with van der Waals surface area (Å²) in [5, 5.41) is 3.39. The van der Waals surface area contributed by atoms with E-state index in [2.05, 4.69) is 26.2 Å². The third-order valence-corrected chi connectivity index (χ3v) is 3.24. The Morgan fingerprint density at radius 3 is 2.80 bits per heavy atom. The van der Waals surface area contributed by atoms with E-state index in [1.165, 1.54) is 6.07 Å². The molecule has 0 spiro atoms. The Balaban J connectivity index is 2.11. The molecule has 1 aromatic heterocycles. The highest BCUT2D eigenvalue weighted by molar-refractivity contribution is 9.10. The Bertz CT molecular complexity index is 646. The Labute approximate surface area is 124 Å². The number of amides is 1. The Hall–Kier alpha value is -1.56. The number of aromatic nitrogens is 1. The third kappa shape index (κ3) is 3.50. The quantitative estimate of drug-likeness (QED) is 0.863. The highest BCUT2D eigenvalue weighted by Gasteiger charge is 2.16. The van der Waals surface area contributed by atoms with Crippen molar-refractivity contribution in [2.24, 2.45) is 0 Å². The average Bonchev–Trinajstić information content (AvgIpc) is 2.67. The number of benzene rings is 1. The molecule has 0 bridgehead atoms. The predicted molar refractivity (Wildman–Crippen MR) is 79.0 cm³/mol. The van der Waals surface area contributed by atoms with Crippen LogP contribution in [0.1, 0.15) is 26.3 Å². The van der Waals surface area contributed by atoms with E-state index in [0.29, 0.717) is 4.47 Å². The van der Waals surface area contributed by atoms with Crippen molar-refractivity contribution in [2.75, 3.05) is 0 Å². The van der Waals surface area contributed by atoms with Gasteiger partial charge in [-0.15, -0.1) is 0 Å². The molecule has 0 fully saturated rings. The van der Waals surface area contributed by atoms with E-state index in [1.807, 2.05) is 0 Å². The SMILES string of the molecule is CC(C)(C)OC(=O)NCc1c[nH]c2cc(Br)c(F)cc12. The summed E-state index contributed by atoms with van der Waals surface area (Å²) in [6, 6.07) is 3.10. The highest BCUT2D eigenvalue weighted by Crippen LogP contribution is 2.25. The molecule has 1 amide bonds. The van der Waals surface area contributed by atoms with E-state index < -0.39 is 11.7 Å². The first-order valence-electron chi connectivity index (χ1n) is 6.18. The first-order valence-corrected chi connectivity index (χ1v) is 6.97. The van der Waals surface area contributed by atoms with E-state index in [9.17, 15) is 9.18 Å². The van der Waals surface area contributed by atoms with Gasteiger partial charge in [0.15, 0.2) is 0 Å². The fraction of sp³-hybridized carbons (Fsp3) is 0.357. The first-order chi connectivity index (χ1) is 9.26. The van der Waals surface area contributed by atoms with Gasteiger partial charge in [-0.05, 0) is 54.4 Å². The summed E-state index contributed by atoms with van der Waals surface area (Å²) in [5.41, 5.74) is 1.07. The zero-order chi connectivity index (χ0) is 14.9. The number of fused-ring (bicyclic) bond motifs is 1. The number of carbonyl (C=O) groups excluding carboxylic acids is 1. The molecule has 0 radical (unpaired) electrons. The fourth-order valence-corrected chi connectivity index (χ4v) is 2.15. The molecule has 0 unspecified atom stereocenters. The maximum Gasteiger partial charge on any atom is 0.407 e. The summed E-state index contributed by atoms with van der Waals surface area (Å²) in [4.78, 5) is 14.6. The van der Waals surface area contributed by atoms with Gasteiger partial charge in [0.2, 0.25) is 0 Å². The summed E-state index contributed by atoms with van der Waals surface area (Å²) >= 11 is 3.14. The van der Waals surface area contributed by atoms with Gasteiger partial charge in [0, 0.05) is 23.6 Å². The summed E-state index contributed by atoms with van der Waals surface area (Å²) in [7, 11) is 0. The molecule has 0 atom stereocenters. The minimum Gasteiger partial charge on any atom is -0.444 e. The number of hydrogen-bond donors (Lipinski definition) is 2. The summed E-state index contributed by atoms with van der Waals surface area (Å²) in [6.07, 6.45) is 1.25. The van der Waals surface area contributed by atoms with Crippen LogP contribution in [-0.4, -0.2) is 16.7 Å². The lowest BCUT2D eigenvalue weighted by atomic mass is 10.1. The van der Waals surface area contributed by atoms with E-state index in [0.717, 1.165) is 16.5 Å². The second kappa shape index (κ2) is 5.44. The lowest BCUT2D eigenvalue weighted by molar-refractivity contribution is 0.0524. The minimum absolute atomic E-state index is 0.274. The smallest absolute Gasteiger partial charge is 0.407 e. The van der Waals surface area contributed by atoms with Gasteiger partial charge >= 0.3 is 6.09 Å². The molecule has 6 heteroatoms. The van der Waals surface area contributed by atoms with Crippen molar-refractivity contribution >= 4 is 32.9 Å². The van der Waals surface area contributed by atoms with Crippen LogP contribution in [-0.2, 0) is 11.3 Å². The number of nitrogens with one attached hydrogen (secondary N) is 2. The molecular formula is C14H16BrFN2O2. The number of hydrogen-bond acceptors (Lipinski definition) is 2. The Morgan fingerprint density at radius 1 is 1.45 bits per heavy atom. The average molecular weight is 343 g/mol. The highest BCUT2D eigenvalue weighted by atomic mass is 79.9. The van der Waals surface area contributed by atoms with Crippen LogP contribution < -0.4 is 5.32 Å². The van der Waals surface area contributed by atoms with E-state index in [1.54, 1.807) is 33.0 Å². The molecule has 0 saturated heterocycles. The number of halogens is 2. The van der Waals surface area contributed by atoms with Gasteiger partial charge in [0.25, 0.3) is 0 Å². The molecule has 20 heavy (non-hydrogen) atoms. The van der Waals surface area contributed by atoms with Crippen LogP contribution >= 0.6 is 15.9 Å². The maximum atomic E-state index is 13.6. The van der Waals surface area contributed by atoms with Crippen molar-refractivity contribution < 1.29 is 13.9 Å². The molecule has 4 nitrogen and oxygen atoms in total. The van der Waals surface area contributed by atoms with Gasteiger partial charge in [0.05, 0.1) is 4.47 Å². The number of aromatic amines is 1. The summed E-state index contributed by atoms with van der Waals surface area (Å²) in [5.74, 6) is -0.337. The van der Waals surface area contributed by atoms with Crippen LogP contribution in [0.15, 0.2) is 22.8 Å². The summed E-state index contributed by atoms with van der Waals surface area (Å²) < 4.78 is 19.1. The van der Waals surface area contributed by atoms with Crippen molar-refractivity contribution in [3.63, 3.8) is 0 Å².